The van der Waals surface area contributed by atoms with Crippen LogP contribution in [0.3, 0.4) is 0 Å². The average Bonchev–Trinajstić information content (AvgIpc) is 3.04. The van der Waals surface area contributed by atoms with Gasteiger partial charge in [0.1, 0.15) is 5.75 Å². The van der Waals surface area contributed by atoms with E-state index in [-0.39, 0.29) is 5.56 Å². The van der Waals surface area contributed by atoms with Crippen LogP contribution in [0.25, 0.3) is 22.1 Å². The summed E-state index contributed by atoms with van der Waals surface area (Å²) in [5, 5.41) is 0.877. The molecule has 0 amide bonds. The number of fused-ring (bicyclic) bond motifs is 3. The normalized spacial score (nSPS) is 12.4. The first kappa shape index (κ1) is 15.4. The molecule has 2 aromatic carbocycles. The number of aromatic nitrogens is 2. The number of nitrogens with zero attached hydrogens (tertiary/aromatic N) is 2. The van der Waals surface area contributed by atoms with Gasteiger partial charge in [-0.2, -0.15) is 0 Å². The van der Waals surface area contributed by atoms with Gasteiger partial charge >= 0.3 is 0 Å². The third-order valence-corrected chi connectivity index (χ3v) is 5.14. The van der Waals surface area contributed by atoms with Crippen LogP contribution in [0.5, 0.6) is 5.75 Å². The molecule has 0 saturated carbocycles. The summed E-state index contributed by atoms with van der Waals surface area (Å²) in [6.07, 6.45) is 1.73. The first-order valence-corrected chi connectivity index (χ1v) is 8.60. The second kappa shape index (κ2) is 5.77. The predicted octanol–water partition coefficient (Wildman–Crippen LogP) is 3.77. The zero-order chi connectivity index (χ0) is 16.8. The Bertz CT molecular complexity index is 1200. The number of hydrogen-bond acceptors (Lipinski definition) is 4. The Labute approximate surface area is 150 Å². The van der Waals surface area contributed by atoms with Crippen molar-refractivity contribution in [2.75, 3.05) is 7.11 Å². The molecule has 4 nitrogen and oxygen atoms in total. The summed E-state index contributed by atoms with van der Waals surface area (Å²) in [5.74, 6) is 0.483. The first-order chi connectivity index (χ1) is 11.6. The fourth-order valence-electron chi connectivity index (χ4n) is 2.66. The summed E-state index contributed by atoms with van der Waals surface area (Å²) >= 11 is 13.5. The van der Waals surface area contributed by atoms with E-state index in [9.17, 15) is 4.79 Å². The van der Waals surface area contributed by atoms with E-state index < -0.39 is 0 Å². The number of para-hydroxylation sites is 2. The summed E-state index contributed by atoms with van der Waals surface area (Å²) in [4.78, 5) is 17.9. The smallest absolute Gasteiger partial charge is 0.274 e. The van der Waals surface area contributed by atoms with Gasteiger partial charge in [0.15, 0.2) is 4.96 Å². The molecular formula is C17H10Cl2N2O2S. The monoisotopic (exact) mass is 376 g/mol. The van der Waals surface area contributed by atoms with E-state index in [1.54, 1.807) is 22.6 Å². The molecule has 7 heteroatoms. The highest BCUT2D eigenvalue weighted by Crippen LogP contribution is 2.32. The lowest BCUT2D eigenvalue weighted by atomic mass is 10.2. The van der Waals surface area contributed by atoms with E-state index in [4.69, 9.17) is 27.9 Å². The van der Waals surface area contributed by atoms with Gasteiger partial charge in [-0.15, -0.1) is 0 Å². The lowest BCUT2D eigenvalue weighted by molar-refractivity contribution is 0.414. The molecule has 0 radical (unpaired) electrons. The topological polar surface area (TPSA) is 43.6 Å². The van der Waals surface area contributed by atoms with Crippen LogP contribution in [0.4, 0.5) is 0 Å². The molecule has 0 bridgehead atoms. The van der Waals surface area contributed by atoms with Crippen LogP contribution in [0, 0.1) is 0 Å². The molecule has 0 fully saturated rings. The Morgan fingerprint density at radius 1 is 1.25 bits per heavy atom. The maximum absolute atomic E-state index is 12.8. The zero-order valence-corrected chi connectivity index (χ0v) is 14.7. The standard InChI is InChI=1S/C17H10Cl2N2O2S/c1-23-15-9(6-10(18)8-11(15)19)7-14-16(22)21-13-5-3-2-4-12(13)20-17(21)24-14/h2-8H,1H3. The number of halogens is 2. The lowest BCUT2D eigenvalue weighted by Crippen LogP contribution is -2.22. The number of methoxy groups -OCH3 is 1. The summed E-state index contributed by atoms with van der Waals surface area (Å²) < 4.78 is 7.48. The fourth-order valence-corrected chi connectivity index (χ4v) is 4.22. The van der Waals surface area contributed by atoms with Gasteiger partial charge in [-0.1, -0.05) is 46.7 Å². The third kappa shape index (κ3) is 2.36. The van der Waals surface area contributed by atoms with E-state index in [1.165, 1.54) is 18.4 Å². The third-order valence-electron chi connectivity index (χ3n) is 3.67. The quantitative estimate of drug-likeness (QED) is 0.534. The molecule has 0 aliphatic rings. The van der Waals surface area contributed by atoms with E-state index in [2.05, 4.69) is 4.98 Å². The number of hydrogen-bond donors (Lipinski definition) is 0. The molecule has 120 valence electrons. The van der Waals surface area contributed by atoms with Crippen molar-refractivity contribution < 1.29 is 4.74 Å². The number of benzene rings is 2. The van der Waals surface area contributed by atoms with Crippen LogP contribution < -0.4 is 14.8 Å². The fraction of sp³-hybridized carbons (Fsp3) is 0.0588. The van der Waals surface area contributed by atoms with Gasteiger partial charge in [-0.25, -0.2) is 9.38 Å². The Balaban J connectivity index is 2.02. The molecule has 2 aromatic heterocycles. The molecule has 24 heavy (non-hydrogen) atoms. The highest BCUT2D eigenvalue weighted by molar-refractivity contribution is 7.15. The molecular weight excluding hydrogens is 367 g/mol. The van der Waals surface area contributed by atoms with Crippen LogP contribution >= 0.6 is 34.5 Å². The second-order valence-electron chi connectivity index (χ2n) is 5.14. The van der Waals surface area contributed by atoms with Crippen molar-refractivity contribution in [3.63, 3.8) is 0 Å². The van der Waals surface area contributed by atoms with Crippen molar-refractivity contribution in [2.24, 2.45) is 0 Å². The molecule has 4 aromatic rings. The van der Waals surface area contributed by atoms with Crippen LogP contribution in [0.2, 0.25) is 10.0 Å². The molecule has 0 N–H and O–H groups in total. The minimum Gasteiger partial charge on any atom is -0.495 e. The molecule has 0 spiro atoms. The van der Waals surface area contributed by atoms with Gasteiger partial charge in [-0.3, -0.25) is 4.79 Å². The van der Waals surface area contributed by atoms with Crippen LogP contribution in [-0.4, -0.2) is 16.5 Å². The van der Waals surface area contributed by atoms with Crippen molar-refractivity contribution in [1.82, 2.24) is 9.38 Å². The van der Waals surface area contributed by atoms with Gasteiger partial charge in [0.05, 0.1) is 27.7 Å². The number of rotatable bonds is 2. The van der Waals surface area contributed by atoms with E-state index >= 15 is 0 Å². The molecule has 2 heterocycles. The van der Waals surface area contributed by atoms with Crippen LogP contribution in [-0.2, 0) is 0 Å². The zero-order valence-electron chi connectivity index (χ0n) is 12.4. The van der Waals surface area contributed by atoms with E-state index in [0.29, 0.717) is 30.9 Å². The molecule has 4 rings (SSSR count). The highest BCUT2D eigenvalue weighted by atomic mass is 35.5. The Kier molecular flexibility index (Phi) is 3.72. The SMILES string of the molecule is COc1c(Cl)cc(Cl)cc1C=c1sc2nc3ccccc3n2c1=O. The average molecular weight is 377 g/mol. The van der Waals surface area contributed by atoms with Crippen molar-refractivity contribution in [3.8, 4) is 5.75 Å². The van der Waals surface area contributed by atoms with Crippen LogP contribution in [0.1, 0.15) is 5.56 Å². The van der Waals surface area contributed by atoms with Gasteiger partial charge in [0, 0.05) is 10.6 Å². The van der Waals surface area contributed by atoms with Crippen molar-refractivity contribution in [1.29, 1.82) is 0 Å². The second-order valence-corrected chi connectivity index (χ2v) is 7.00. The van der Waals surface area contributed by atoms with Gasteiger partial charge in [0.2, 0.25) is 0 Å². The first-order valence-electron chi connectivity index (χ1n) is 7.03. The number of thiazole rings is 1. The lowest BCUT2D eigenvalue weighted by Gasteiger charge is -2.07. The summed E-state index contributed by atoms with van der Waals surface area (Å²) in [7, 11) is 1.53. The molecule has 0 saturated heterocycles. The number of ether oxygens (including phenoxy) is 1. The van der Waals surface area contributed by atoms with E-state index in [0.717, 1.165) is 11.0 Å². The van der Waals surface area contributed by atoms with Gasteiger partial charge in [0.25, 0.3) is 5.56 Å². The molecule has 0 aliphatic heterocycles. The minimum atomic E-state index is -0.123. The predicted molar refractivity (Wildman–Crippen MR) is 98.6 cm³/mol. The molecule has 0 atom stereocenters. The Hall–Kier alpha value is -2.08. The molecule has 0 unspecified atom stereocenters. The van der Waals surface area contributed by atoms with Crippen molar-refractivity contribution in [3.05, 3.63) is 66.9 Å². The maximum atomic E-state index is 12.8. The number of imidazole rings is 1. The minimum absolute atomic E-state index is 0.123. The Morgan fingerprint density at radius 3 is 2.83 bits per heavy atom. The summed E-state index contributed by atoms with van der Waals surface area (Å²) in [6, 6.07) is 10.9. The summed E-state index contributed by atoms with van der Waals surface area (Å²) in [5.41, 5.74) is 2.13. The summed E-state index contributed by atoms with van der Waals surface area (Å²) in [6.45, 7) is 0. The van der Waals surface area contributed by atoms with Crippen LogP contribution in [0.15, 0.2) is 41.2 Å². The van der Waals surface area contributed by atoms with Crippen molar-refractivity contribution in [2.45, 2.75) is 0 Å². The highest BCUT2D eigenvalue weighted by Gasteiger charge is 2.12. The van der Waals surface area contributed by atoms with Gasteiger partial charge < -0.3 is 4.74 Å². The molecule has 0 aliphatic carbocycles. The maximum Gasteiger partial charge on any atom is 0.274 e. The van der Waals surface area contributed by atoms with E-state index in [1.807, 2.05) is 24.3 Å². The Morgan fingerprint density at radius 2 is 2.04 bits per heavy atom. The largest absolute Gasteiger partial charge is 0.495 e. The van der Waals surface area contributed by atoms with Crippen molar-refractivity contribution >= 4 is 56.6 Å². The van der Waals surface area contributed by atoms with Gasteiger partial charge in [-0.05, 0) is 30.3 Å².